The van der Waals surface area contributed by atoms with Crippen molar-refractivity contribution in [1.82, 2.24) is 5.32 Å². The maximum absolute atomic E-state index is 12.0. The first-order valence-corrected chi connectivity index (χ1v) is 6.06. The number of rotatable bonds is 5. The van der Waals surface area contributed by atoms with E-state index in [2.05, 4.69) is 5.32 Å². The maximum atomic E-state index is 12.0. The second-order valence-corrected chi connectivity index (χ2v) is 5.13. The number of nitrogen functional groups attached to an aromatic ring is 1. The van der Waals surface area contributed by atoms with E-state index in [1.165, 1.54) is 0 Å². The number of amides is 1. The highest BCUT2D eigenvalue weighted by Gasteiger charge is 2.21. The summed E-state index contributed by atoms with van der Waals surface area (Å²) < 4.78 is 5.34. The smallest absolute Gasteiger partial charge is 0.253 e. The average Bonchev–Trinajstić information content (AvgIpc) is 2.28. The minimum Gasteiger partial charge on any atom is -0.398 e. The van der Waals surface area contributed by atoms with Crippen LogP contribution in [0, 0.1) is 0 Å². The highest BCUT2D eigenvalue weighted by atomic mass is 35.5. The van der Waals surface area contributed by atoms with Gasteiger partial charge in [0.05, 0.1) is 11.2 Å². The Morgan fingerprint density at radius 1 is 1.42 bits per heavy atom. The number of hydrogen-bond donors (Lipinski definition) is 2. The monoisotopic (exact) mass is 286 g/mol. The molecule has 108 valence electrons. The van der Waals surface area contributed by atoms with Gasteiger partial charge in [-0.15, -0.1) is 12.4 Å². The molecule has 1 aromatic carbocycles. The van der Waals surface area contributed by atoms with Gasteiger partial charge in [0.1, 0.15) is 0 Å². The molecule has 1 aromatic rings. The zero-order chi connectivity index (χ0) is 13.8. The number of carbonyl (C=O) groups is 1. The molecule has 19 heavy (non-hydrogen) atoms. The lowest BCUT2D eigenvalue weighted by molar-refractivity contribution is 0.00885. The van der Waals surface area contributed by atoms with Crippen molar-refractivity contribution in [2.24, 2.45) is 0 Å². The third kappa shape index (κ3) is 5.49. The summed E-state index contributed by atoms with van der Waals surface area (Å²) in [4.78, 5) is 12.0. The molecule has 0 heterocycles. The summed E-state index contributed by atoms with van der Waals surface area (Å²) in [5.74, 6) is -0.146. The lowest BCUT2D eigenvalue weighted by Gasteiger charge is -2.27. The summed E-state index contributed by atoms with van der Waals surface area (Å²) >= 11 is 0. The maximum Gasteiger partial charge on any atom is 0.253 e. The third-order valence-corrected chi connectivity index (χ3v) is 2.93. The molecule has 4 nitrogen and oxygen atoms in total. The SMILES string of the molecule is COC(C)(C)CC(C)NC(=O)c1ccccc1N.Cl. The lowest BCUT2D eigenvalue weighted by Crippen LogP contribution is -2.39. The summed E-state index contributed by atoms with van der Waals surface area (Å²) in [5.41, 5.74) is 6.52. The molecule has 0 spiro atoms. The van der Waals surface area contributed by atoms with E-state index in [1.54, 1.807) is 25.3 Å². The number of hydrogen-bond acceptors (Lipinski definition) is 3. The van der Waals surface area contributed by atoms with E-state index in [-0.39, 0.29) is 30.0 Å². The van der Waals surface area contributed by atoms with Crippen LogP contribution in [0.1, 0.15) is 37.6 Å². The van der Waals surface area contributed by atoms with Crippen molar-refractivity contribution in [3.05, 3.63) is 29.8 Å². The van der Waals surface area contributed by atoms with Gasteiger partial charge in [-0.05, 0) is 39.3 Å². The average molecular weight is 287 g/mol. The van der Waals surface area contributed by atoms with E-state index in [0.717, 1.165) is 6.42 Å². The van der Waals surface area contributed by atoms with Crippen molar-refractivity contribution in [2.45, 2.75) is 38.8 Å². The summed E-state index contributed by atoms with van der Waals surface area (Å²) in [5, 5.41) is 2.93. The molecule has 0 bridgehead atoms. The molecule has 1 amide bonds. The van der Waals surface area contributed by atoms with E-state index in [4.69, 9.17) is 10.5 Å². The minimum atomic E-state index is -0.255. The lowest BCUT2D eigenvalue weighted by atomic mass is 9.99. The second-order valence-electron chi connectivity index (χ2n) is 5.13. The van der Waals surface area contributed by atoms with Crippen molar-refractivity contribution < 1.29 is 9.53 Å². The van der Waals surface area contributed by atoms with E-state index in [9.17, 15) is 4.79 Å². The van der Waals surface area contributed by atoms with Crippen LogP contribution < -0.4 is 11.1 Å². The molecule has 0 aromatic heterocycles. The topological polar surface area (TPSA) is 64.3 Å². The number of carbonyl (C=O) groups excluding carboxylic acids is 1. The molecule has 1 atom stereocenters. The minimum absolute atomic E-state index is 0. The van der Waals surface area contributed by atoms with Crippen LogP contribution in [0.4, 0.5) is 5.69 Å². The Morgan fingerprint density at radius 3 is 2.53 bits per heavy atom. The molecule has 0 aliphatic carbocycles. The molecule has 5 heteroatoms. The zero-order valence-electron chi connectivity index (χ0n) is 11.9. The quantitative estimate of drug-likeness (QED) is 0.818. The van der Waals surface area contributed by atoms with Crippen LogP contribution in [-0.4, -0.2) is 24.7 Å². The van der Waals surface area contributed by atoms with Gasteiger partial charge in [-0.2, -0.15) is 0 Å². The first-order chi connectivity index (χ1) is 8.35. The number of benzene rings is 1. The Bertz CT molecular complexity index is 422. The van der Waals surface area contributed by atoms with Crippen molar-refractivity contribution >= 4 is 24.0 Å². The van der Waals surface area contributed by atoms with Gasteiger partial charge in [-0.1, -0.05) is 12.1 Å². The Hall–Kier alpha value is -1.26. The van der Waals surface area contributed by atoms with Gasteiger partial charge in [-0.25, -0.2) is 0 Å². The van der Waals surface area contributed by atoms with Gasteiger partial charge >= 0.3 is 0 Å². The van der Waals surface area contributed by atoms with Crippen LogP contribution >= 0.6 is 12.4 Å². The first kappa shape index (κ1) is 17.7. The molecule has 0 aliphatic rings. The Balaban J connectivity index is 0.00000324. The fraction of sp³-hybridized carbons (Fsp3) is 0.500. The van der Waals surface area contributed by atoms with E-state index in [0.29, 0.717) is 11.3 Å². The predicted octanol–water partition coefficient (Wildman–Crippen LogP) is 2.62. The molecule has 0 aliphatic heterocycles. The molecular formula is C14H23ClN2O2. The zero-order valence-corrected chi connectivity index (χ0v) is 12.7. The molecule has 3 N–H and O–H groups in total. The van der Waals surface area contributed by atoms with E-state index < -0.39 is 0 Å². The van der Waals surface area contributed by atoms with Gasteiger partial charge < -0.3 is 15.8 Å². The number of ether oxygens (including phenoxy) is 1. The highest BCUT2D eigenvalue weighted by Crippen LogP contribution is 2.16. The van der Waals surface area contributed by atoms with Crippen molar-refractivity contribution in [2.75, 3.05) is 12.8 Å². The number of nitrogens with two attached hydrogens (primary N) is 1. The van der Waals surface area contributed by atoms with Gasteiger partial charge in [0.25, 0.3) is 5.91 Å². The van der Waals surface area contributed by atoms with E-state index in [1.807, 2.05) is 26.8 Å². The van der Waals surface area contributed by atoms with Crippen LogP contribution in [0.25, 0.3) is 0 Å². The summed E-state index contributed by atoms with van der Waals surface area (Å²) in [7, 11) is 1.67. The molecule has 1 unspecified atom stereocenters. The molecular weight excluding hydrogens is 264 g/mol. The molecule has 1 rings (SSSR count). The van der Waals surface area contributed by atoms with Gasteiger partial charge in [0.2, 0.25) is 0 Å². The Morgan fingerprint density at radius 2 is 2.00 bits per heavy atom. The summed E-state index contributed by atoms with van der Waals surface area (Å²) in [6, 6.07) is 7.07. The highest BCUT2D eigenvalue weighted by molar-refractivity contribution is 5.99. The normalized spacial score (nSPS) is 12.4. The largest absolute Gasteiger partial charge is 0.398 e. The van der Waals surface area contributed by atoms with Crippen LogP contribution in [-0.2, 0) is 4.74 Å². The number of anilines is 1. The predicted molar refractivity (Wildman–Crippen MR) is 80.7 cm³/mol. The fourth-order valence-corrected chi connectivity index (χ4v) is 1.88. The number of nitrogens with one attached hydrogen (secondary N) is 1. The molecule has 0 saturated carbocycles. The fourth-order valence-electron chi connectivity index (χ4n) is 1.88. The van der Waals surface area contributed by atoms with Crippen molar-refractivity contribution in [1.29, 1.82) is 0 Å². The van der Waals surface area contributed by atoms with Gasteiger partial charge in [0, 0.05) is 18.8 Å². The Kier molecular flexibility index (Phi) is 6.87. The van der Waals surface area contributed by atoms with Crippen molar-refractivity contribution in [3.63, 3.8) is 0 Å². The van der Waals surface area contributed by atoms with Gasteiger partial charge in [0.15, 0.2) is 0 Å². The second kappa shape index (κ2) is 7.36. The number of para-hydroxylation sites is 1. The molecule has 0 radical (unpaired) electrons. The molecule has 0 fully saturated rings. The number of halogens is 1. The van der Waals surface area contributed by atoms with Crippen LogP contribution in [0.15, 0.2) is 24.3 Å². The van der Waals surface area contributed by atoms with Crippen LogP contribution in [0.5, 0.6) is 0 Å². The number of methoxy groups -OCH3 is 1. The van der Waals surface area contributed by atoms with Crippen LogP contribution in [0.3, 0.4) is 0 Å². The first-order valence-electron chi connectivity index (χ1n) is 6.06. The Labute approximate surface area is 121 Å². The molecule has 0 saturated heterocycles. The van der Waals surface area contributed by atoms with Gasteiger partial charge in [-0.3, -0.25) is 4.79 Å². The standard InChI is InChI=1S/C14H22N2O2.ClH/c1-10(9-14(2,3)18-4)16-13(17)11-7-5-6-8-12(11)15;/h5-8,10H,9,15H2,1-4H3,(H,16,17);1H. The van der Waals surface area contributed by atoms with E-state index >= 15 is 0 Å². The summed E-state index contributed by atoms with van der Waals surface area (Å²) in [6.45, 7) is 5.94. The van der Waals surface area contributed by atoms with Crippen LogP contribution in [0.2, 0.25) is 0 Å². The summed E-state index contributed by atoms with van der Waals surface area (Å²) in [6.07, 6.45) is 0.738. The third-order valence-electron chi connectivity index (χ3n) is 2.93. The van der Waals surface area contributed by atoms with Crippen molar-refractivity contribution in [3.8, 4) is 0 Å².